The fourth-order valence-corrected chi connectivity index (χ4v) is 7.19. The third-order valence-electron chi connectivity index (χ3n) is 7.60. The van der Waals surface area contributed by atoms with Crippen LogP contribution in [0.4, 0.5) is 0 Å². The van der Waals surface area contributed by atoms with Gasteiger partial charge in [-0.3, -0.25) is 0 Å². The molecule has 0 heterocycles. The molecule has 0 bridgehead atoms. The highest BCUT2D eigenvalue weighted by Gasteiger charge is 2.34. The zero-order valence-corrected chi connectivity index (χ0v) is 18.0. The van der Waals surface area contributed by atoms with E-state index in [9.17, 15) is 8.42 Å². The summed E-state index contributed by atoms with van der Waals surface area (Å²) in [6, 6.07) is 4.47. The molecule has 156 valence electrons. The van der Waals surface area contributed by atoms with Crippen LogP contribution in [-0.4, -0.2) is 13.0 Å². The molecule has 3 aliphatic carbocycles. The molecule has 0 aliphatic heterocycles. The summed E-state index contributed by atoms with van der Waals surface area (Å²) in [7, 11) is -3.96. The van der Waals surface area contributed by atoms with Gasteiger partial charge in [-0.15, -0.1) is 8.42 Å². The first kappa shape index (κ1) is 20.4. The molecule has 3 aliphatic rings. The normalized spacial score (nSPS) is 23.8. The molecule has 0 radical (unpaired) electrons. The fourth-order valence-electron chi connectivity index (χ4n) is 6.11. The first-order chi connectivity index (χ1) is 13.5. The lowest BCUT2D eigenvalue weighted by Crippen LogP contribution is -2.18. The molecule has 1 aromatic carbocycles. The lowest BCUT2D eigenvalue weighted by molar-refractivity contribution is 0.413. The number of benzene rings is 1. The number of hydrogen-bond donors (Lipinski definition) is 0. The van der Waals surface area contributed by atoms with E-state index in [1.54, 1.807) is 0 Å². The van der Waals surface area contributed by atoms with Gasteiger partial charge in [-0.25, -0.2) is 0 Å². The largest absolute Gasteiger partial charge is 0.409 e. The topological polar surface area (TPSA) is 57.0 Å². The van der Waals surface area contributed by atoms with E-state index in [4.69, 9.17) is 4.55 Å². The zero-order chi connectivity index (χ0) is 19.6. The fraction of sp³-hybridized carbons (Fsp3) is 0.750. The van der Waals surface area contributed by atoms with Crippen LogP contribution >= 0.6 is 0 Å². The molecule has 28 heavy (non-hydrogen) atoms. The molecule has 0 amide bonds. The van der Waals surface area contributed by atoms with Gasteiger partial charge in [0.05, 0.1) is 0 Å². The maximum absolute atomic E-state index is 12.7. The van der Waals surface area contributed by atoms with E-state index in [1.165, 1.54) is 76.2 Å². The van der Waals surface area contributed by atoms with Gasteiger partial charge in [0, 0.05) is 0 Å². The van der Waals surface area contributed by atoms with Crippen molar-refractivity contribution >= 4 is 10.1 Å². The van der Waals surface area contributed by atoms with E-state index in [2.05, 4.69) is 12.1 Å². The van der Waals surface area contributed by atoms with Gasteiger partial charge in [0.1, 0.15) is 0 Å². The van der Waals surface area contributed by atoms with Crippen molar-refractivity contribution in [3.63, 3.8) is 0 Å². The van der Waals surface area contributed by atoms with Gasteiger partial charge < -0.3 is 4.55 Å². The third-order valence-corrected chi connectivity index (χ3v) is 8.61. The quantitative estimate of drug-likeness (QED) is 0.556. The monoisotopic (exact) mass is 405 g/mol. The minimum atomic E-state index is -3.96. The summed E-state index contributed by atoms with van der Waals surface area (Å²) in [4.78, 5) is 0.408. The second-order valence-corrected chi connectivity index (χ2v) is 11.0. The molecule has 2 N–H and O–H groups in total. The third kappa shape index (κ3) is 4.48. The van der Waals surface area contributed by atoms with Gasteiger partial charge in [-0.1, -0.05) is 69.9 Å². The molecule has 4 rings (SSSR count). The summed E-state index contributed by atoms with van der Waals surface area (Å²) in [6.07, 6.45) is 18.0. The molecule has 3 fully saturated rings. The summed E-state index contributed by atoms with van der Waals surface area (Å²) >= 11 is 0. The summed E-state index contributed by atoms with van der Waals surface area (Å²) in [5.74, 6) is 1.24. The maximum Gasteiger partial charge on any atom is 0.409 e. The Kier molecular flexibility index (Phi) is 6.46. The van der Waals surface area contributed by atoms with Crippen molar-refractivity contribution < 1.29 is 13.0 Å². The predicted octanol–water partition coefficient (Wildman–Crippen LogP) is 6.24. The van der Waals surface area contributed by atoms with Crippen molar-refractivity contribution in [2.75, 3.05) is 0 Å². The highest BCUT2D eigenvalue weighted by molar-refractivity contribution is 7.86. The molecule has 0 atom stereocenters. The predicted molar refractivity (Wildman–Crippen MR) is 115 cm³/mol. The van der Waals surface area contributed by atoms with Crippen molar-refractivity contribution in [2.24, 2.45) is 0 Å². The minimum absolute atomic E-state index is 0.328. The van der Waals surface area contributed by atoms with Gasteiger partial charge in [0.15, 0.2) is 4.90 Å². The molecule has 0 aromatic heterocycles. The Labute approximate surface area is 171 Å². The molecular weight excluding hydrogens is 368 g/mol. The van der Waals surface area contributed by atoms with Gasteiger partial charge >= 0.3 is 10.1 Å². The Morgan fingerprint density at radius 1 is 0.607 bits per heavy atom. The molecule has 0 unspecified atom stereocenters. The lowest BCUT2D eigenvalue weighted by Gasteiger charge is -2.31. The highest BCUT2D eigenvalue weighted by Crippen LogP contribution is 2.45. The van der Waals surface area contributed by atoms with E-state index in [0.29, 0.717) is 22.6 Å². The molecule has 3 saturated carbocycles. The van der Waals surface area contributed by atoms with Crippen LogP contribution in [-0.2, 0) is 10.1 Å². The minimum Gasteiger partial charge on any atom is -0.329 e. The lowest BCUT2D eigenvalue weighted by atomic mass is 9.76. The van der Waals surface area contributed by atoms with Crippen molar-refractivity contribution in [1.29, 1.82) is 0 Å². The van der Waals surface area contributed by atoms with Gasteiger partial charge in [0.25, 0.3) is 0 Å². The second-order valence-electron chi connectivity index (χ2n) is 9.54. The van der Waals surface area contributed by atoms with Crippen LogP contribution in [0.25, 0.3) is 0 Å². The Morgan fingerprint density at radius 3 is 1.32 bits per heavy atom. The van der Waals surface area contributed by atoms with Crippen molar-refractivity contribution in [3.8, 4) is 0 Å². The molecule has 1 aromatic rings. The standard InChI is InChI=1S/C24H36O3S/c25-28(26,27)24-22(19-12-6-2-7-13-19)16-21(18-10-4-1-5-11-18)17-23(24)20-14-8-3-9-15-20/h16-20H,1-15H2,(H,25,26,27)/p+1. The summed E-state index contributed by atoms with van der Waals surface area (Å²) < 4.78 is 33.5. The van der Waals surface area contributed by atoms with Crippen LogP contribution in [0.5, 0.6) is 0 Å². The average molecular weight is 406 g/mol. The molecule has 0 spiro atoms. The van der Waals surface area contributed by atoms with E-state index >= 15 is 0 Å². The Hall–Kier alpha value is -0.870. The van der Waals surface area contributed by atoms with Crippen LogP contribution in [0.2, 0.25) is 0 Å². The second kappa shape index (κ2) is 8.87. The van der Waals surface area contributed by atoms with Crippen molar-refractivity contribution in [3.05, 3.63) is 28.8 Å². The van der Waals surface area contributed by atoms with Crippen molar-refractivity contribution in [2.45, 2.75) is 119 Å². The summed E-state index contributed by atoms with van der Waals surface area (Å²) in [6.45, 7) is 0. The van der Waals surface area contributed by atoms with Crippen LogP contribution in [0, 0.1) is 0 Å². The summed E-state index contributed by atoms with van der Waals surface area (Å²) in [5, 5.41) is 0. The van der Waals surface area contributed by atoms with E-state index in [0.717, 1.165) is 36.8 Å². The number of hydrogen-bond acceptors (Lipinski definition) is 2. The molecule has 4 heteroatoms. The molecular formula is C24H37O3S+. The first-order valence-electron chi connectivity index (χ1n) is 11.7. The van der Waals surface area contributed by atoms with Crippen LogP contribution < -0.4 is 0 Å². The Morgan fingerprint density at radius 2 is 0.964 bits per heavy atom. The van der Waals surface area contributed by atoms with Gasteiger partial charge in [-0.05, 0) is 73.0 Å². The first-order valence-corrected chi connectivity index (χ1v) is 13.2. The zero-order valence-electron chi connectivity index (χ0n) is 17.2. The number of rotatable bonds is 4. The Balaban J connectivity index is 1.84. The maximum atomic E-state index is 12.7. The van der Waals surface area contributed by atoms with Crippen LogP contribution in [0.15, 0.2) is 17.0 Å². The van der Waals surface area contributed by atoms with Crippen LogP contribution in [0.1, 0.15) is 131 Å². The van der Waals surface area contributed by atoms with E-state index < -0.39 is 10.1 Å². The Bertz CT molecular complexity index is 726. The molecule has 0 saturated heterocycles. The smallest absolute Gasteiger partial charge is 0.329 e. The highest BCUT2D eigenvalue weighted by atomic mass is 32.2. The van der Waals surface area contributed by atoms with Gasteiger partial charge in [-0.2, -0.15) is 0 Å². The SMILES string of the molecule is O=S(=O)([OH2+])c1c(C2CCCCC2)cc(C2CCCCC2)cc1C1CCCCC1. The van der Waals surface area contributed by atoms with E-state index in [1.807, 2.05) is 0 Å². The van der Waals surface area contributed by atoms with E-state index in [-0.39, 0.29) is 0 Å². The average Bonchev–Trinajstić information content (AvgIpc) is 2.74. The van der Waals surface area contributed by atoms with Crippen LogP contribution in [0.3, 0.4) is 0 Å². The molecule has 3 nitrogen and oxygen atoms in total. The van der Waals surface area contributed by atoms with Crippen molar-refractivity contribution in [1.82, 2.24) is 0 Å². The summed E-state index contributed by atoms with van der Waals surface area (Å²) in [5.41, 5.74) is 3.41. The van der Waals surface area contributed by atoms with Gasteiger partial charge in [0.2, 0.25) is 0 Å².